The number of nitrogens with one attached hydrogen (secondary N) is 1. The lowest BCUT2D eigenvalue weighted by molar-refractivity contribution is 0.0526. The molecule has 0 aliphatic heterocycles. The van der Waals surface area contributed by atoms with Crippen LogP contribution in [0.4, 0.5) is 11.5 Å². The Morgan fingerprint density at radius 3 is 2.14 bits per heavy atom. The van der Waals surface area contributed by atoms with E-state index < -0.39 is 0 Å². The molecule has 0 saturated carbocycles. The largest absolute Gasteiger partial charge is 0.490 e. The highest BCUT2D eigenvalue weighted by molar-refractivity contribution is 5.90. The summed E-state index contributed by atoms with van der Waals surface area (Å²) >= 11 is 0. The van der Waals surface area contributed by atoms with E-state index in [0.717, 1.165) is 16.5 Å². The van der Waals surface area contributed by atoms with Gasteiger partial charge in [-0.3, -0.25) is 0 Å². The van der Waals surface area contributed by atoms with Gasteiger partial charge in [0, 0.05) is 17.3 Å². The fourth-order valence-electron chi connectivity index (χ4n) is 2.81. The number of nitrogens with zero attached hydrogens (tertiary/aromatic N) is 1. The van der Waals surface area contributed by atoms with Gasteiger partial charge in [-0.15, -0.1) is 0 Å². The number of ether oxygens (including phenoxy) is 3. The molecule has 6 heteroatoms. The van der Waals surface area contributed by atoms with Gasteiger partial charge in [0.1, 0.15) is 5.82 Å². The number of fused-ring (bicyclic) bond motifs is 1. The molecule has 0 saturated heterocycles. The third-order valence-electron chi connectivity index (χ3n) is 4.05. The highest BCUT2D eigenvalue weighted by Crippen LogP contribution is 2.33. The molecule has 1 aromatic heterocycles. The highest BCUT2D eigenvalue weighted by Gasteiger charge is 2.09. The van der Waals surface area contributed by atoms with Crippen molar-refractivity contribution in [2.45, 2.75) is 20.8 Å². The van der Waals surface area contributed by atoms with Gasteiger partial charge in [-0.2, -0.15) is 0 Å². The summed E-state index contributed by atoms with van der Waals surface area (Å²) < 4.78 is 16.4. The zero-order valence-corrected chi connectivity index (χ0v) is 16.3. The molecule has 0 radical (unpaired) electrons. The van der Waals surface area contributed by atoms with Gasteiger partial charge in [-0.1, -0.05) is 0 Å². The second-order valence-electron chi connectivity index (χ2n) is 6.00. The Balaban J connectivity index is 1.83. The predicted molar refractivity (Wildman–Crippen MR) is 110 cm³/mol. The van der Waals surface area contributed by atoms with Crippen LogP contribution in [-0.2, 0) is 4.74 Å². The smallest absolute Gasteiger partial charge is 0.338 e. The fraction of sp³-hybridized carbons (Fsp3) is 0.273. The number of pyridine rings is 1. The van der Waals surface area contributed by atoms with Crippen molar-refractivity contribution in [3.63, 3.8) is 0 Å². The average molecular weight is 380 g/mol. The first-order valence-corrected chi connectivity index (χ1v) is 9.38. The predicted octanol–water partition coefficient (Wildman–Crippen LogP) is 4.95. The quantitative estimate of drug-likeness (QED) is 0.558. The molecule has 0 fully saturated rings. The molecule has 0 aliphatic rings. The molecule has 0 spiro atoms. The number of hydrogen-bond donors (Lipinski definition) is 1. The summed E-state index contributed by atoms with van der Waals surface area (Å²) in [5.41, 5.74) is 1.35. The Bertz CT molecular complexity index is 955. The second kappa shape index (κ2) is 9.08. The van der Waals surface area contributed by atoms with Crippen LogP contribution in [0.3, 0.4) is 0 Å². The van der Waals surface area contributed by atoms with Crippen molar-refractivity contribution in [3.05, 3.63) is 54.2 Å². The Labute approximate surface area is 164 Å². The van der Waals surface area contributed by atoms with Crippen LogP contribution in [0.1, 0.15) is 31.1 Å². The number of hydrogen-bond acceptors (Lipinski definition) is 6. The van der Waals surface area contributed by atoms with Gasteiger partial charge >= 0.3 is 5.97 Å². The third kappa shape index (κ3) is 4.52. The van der Waals surface area contributed by atoms with Crippen molar-refractivity contribution >= 4 is 28.2 Å². The van der Waals surface area contributed by atoms with E-state index in [1.807, 2.05) is 44.2 Å². The lowest BCUT2D eigenvalue weighted by atomic mass is 10.1. The van der Waals surface area contributed by atoms with Crippen molar-refractivity contribution in [1.82, 2.24) is 4.98 Å². The van der Waals surface area contributed by atoms with Crippen molar-refractivity contribution < 1.29 is 19.0 Å². The fourth-order valence-corrected chi connectivity index (χ4v) is 2.81. The van der Waals surface area contributed by atoms with Crippen LogP contribution in [0.25, 0.3) is 10.8 Å². The summed E-state index contributed by atoms with van der Waals surface area (Å²) in [6.07, 6.45) is 1.79. The molecular formula is C22H24N2O4. The van der Waals surface area contributed by atoms with Crippen molar-refractivity contribution in [1.29, 1.82) is 0 Å². The van der Waals surface area contributed by atoms with E-state index in [0.29, 0.717) is 42.7 Å². The molecule has 3 rings (SSSR count). The first-order chi connectivity index (χ1) is 13.6. The van der Waals surface area contributed by atoms with E-state index in [-0.39, 0.29) is 5.97 Å². The van der Waals surface area contributed by atoms with E-state index in [2.05, 4.69) is 10.3 Å². The van der Waals surface area contributed by atoms with E-state index >= 15 is 0 Å². The Hall–Kier alpha value is -3.28. The van der Waals surface area contributed by atoms with E-state index in [4.69, 9.17) is 14.2 Å². The number of rotatable bonds is 8. The minimum Gasteiger partial charge on any atom is -0.490 e. The SMILES string of the molecule is CCOC(=O)c1ccc(Nc2cc3cc(OCC)c(OCC)cc3cn2)cc1. The molecule has 0 atom stereocenters. The molecule has 0 unspecified atom stereocenters. The summed E-state index contributed by atoms with van der Waals surface area (Å²) in [7, 11) is 0. The minimum absolute atomic E-state index is 0.327. The normalized spacial score (nSPS) is 10.5. The third-order valence-corrected chi connectivity index (χ3v) is 4.05. The number of benzene rings is 2. The van der Waals surface area contributed by atoms with Gasteiger partial charge < -0.3 is 19.5 Å². The van der Waals surface area contributed by atoms with Crippen LogP contribution in [0.5, 0.6) is 11.5 Å². The maximum absolute atomic E-state index is 11.7. The first-order valence-electron chi connectivity index (χ1n) is 9.38. The van der Waals surface area contributed by atoms with Gasteiger partial charge in [0.2, 0.25) is 0 Å². The van der Waals surface area contributed by atoms with Crippen LogP contribution >= 0.6 is 0 Å². The highest BCUT2D eigenvalue weighted by atomic mass is 16.5. The number of carbonyl (C=O) groups is 1. The maximum atomic E-state index is 11.7. The summed E-state index contributed by atoms with van der Waals surface area (Å²) in [5.74, 6) is 1.80. The van der Waals surface area contributed by atoms with E-state index in [1.54, 1.807) is 25.3 Å². The van der Waals surface area contributed by atoms with Gasteiger partial charge in [0.05, 0.1) is 25.4 Å². The molecule has 146 valence electrons. The lowest BCUT2D eigenvalue weighted by Crippen LogP contribution is -2.04. The molecule has 6 nitrogen and oxygen atoms in total. The summed E-state index contributed by atoms with van der Waals surface area (Å²) in [6.45, 7) is 7.16. The van der Waals surface area contributed by atoms with Gasteiger partial charge in [0.15, 0.2) is 11.5 Å². The zero-order chi connectivity index (χ0) is 19.9. The van der Waals surface area contributed by atoms with E-state index in [9.17, 15) is 4.79 Å². The molecule has 0 amide bonds. The number of anilines is 2. The maximum Gasteiger partial charge on any atom is 0.338 e. The first kappa shape index (κ1) is 19.5. The van der Waals surface area contributed by atoms with Crippen molar-refractivity contribution in [2.75, 3.05) is 25.1 Å². The summed E-state index contributed by atoms with van der Waals surface area (Å²) in [4.78, 5) is 16.2. The molecule has 2 aromatic carbocycles. The minimum atomic E-state index is -0.327. The molecule has 1 N–H and O–H groups in total. The average Bonchev–Trinajstić information content (AvgIpc) is 2.70. The van der Waals surface area contributed by atoms with Gasteiger partial charge in [-0.05, 0) is 68.6 Å². The molecule has 28 heavy (non-hydrogen) atoms. The standard InChI is InChI=1S/C22H24N2O4/c1-4-26-19-11-16-13-21(23-14-17(16)12-20(19)27-5-2)24-18-9-7-15(8-10-18)22(25)28-6-3/h7-14H,4-6H2,1-3H3,(H,23,24). The number of aromatic nitrogens is 1. The number of carbonyl (C=O) groups excluding carboxylic acids is 1. The monoisotopic (exact) mass is 380 g/mol. The lowest BCUT2D eigenvalue weighted by Gasteiger charge is -2.13. The topological polar surface area (TPSA) is 69.7 Å². The summed E-state index contributed by atoms with van der Waals surface area (Å²) in [6, 6.07) is 12.9. The molecular weight excluding hydrogens is 356 g/mol. The van der Waals surface area contributed by atoms with Crippen LogP contribution in [0, 0.1) is 0 Å². The van der Waals surface area contributed by atoms with Gasteiger partial charge in [-0.25, -0.2) is 9.78 Å². The Kier molecular flexibility index (Phi) is 6.32. The van der Waals surface area contributed by atoms with E-state index in [1.165, 1.54) is 0 Å². The van der Waals surface area contributed by atoms with Crippen LogP contribution in [-0.4, -0.2) is 30.8 Å². The molecule has 0 bridgehead atoms. The Morgan fingerprint density at radius 1 is 0.893 bits per heavy atom. The zero-order valence-electron chi connectivity index (χ0n) is 16.3. The van der Waals surface area contributed by atoms with Crippen molar-refractivity contribution in [2.24, 2.45) is 0 Å². The number of esters is 1. The van der Waals surface area contributed by atoms with Crippen LogP contribution in [0.15, 0.2) is 48.7 Å². The molecule has 3 aromatic rings. The van der Waals surface area contributed by atoms with Crippen molar-refractivity contribution in [3.8, 4) is 11.5 Å². The molecule has 1 heterocycles. The Morgan fingerprint density at radius 2 is 1.54 bits per heavy atom. The van der Waals surface area contributed by atoms with Crippen LogP contribution in [0.2, 0.25) is 0 Å². The van der Waals surface area contributed by atoms with Gasteiger partial charge in [0.25, 0.3) is 0 Å². The molecule has 0 aliphatic carbocycles. The summed E-state index contributed by atoms with van der Waals surface area (Å²) in [5, 5.41) is 5.21. The van der Waals surface area contributed by atoms with Crippen LogP contribution < -0.4 is 14.8 Å². The second-order valence-corrected chi connectivity index (χ2v) is 6.00.